The highest BCUT2D eigenvalue weighted by atomic mass is 19.1. The van der Waals surface area contributed by atoms with E-state index < -0.39 is 0 Å². The number of hydrogen-bond donors (Lipinski definition) is 2. The molecule has 2 N–H and O–H groups in total. The molecule has 0 spiro atoms. The summed E-state index contributed by atoms with van der Waals surface area (Å²) in [5.41, 5.74) is 1.68. The predicted molar refractivity (Wildman–Crippen MR) is 81.4 cm³/mol. The summed E-state index contributed by atoms with van der Waals surface area (Å²) in [5.74, 6) is 0.859. The number of para-hydroxylation sites is 1. The zero-order chi connectivity index (χ0) is 14.5. The van der Waals surface area contributed by atoms with Crippen LogP contribution in [0.3, 0.4) is 0 Å². The third kappa shape index (κ3) is 3.54. The number of aromatic nitrogens is 2. The highest BCUT2D eigenvalue weighted by molar-refractivity contribution is 5.59. The lowest BCUT2D eigenvalue weighted by atomic mass is 10.3. The predicted octanol–water partition coefficient (Wildman–Crippen LogP) is 4.10. The van der Waals surface area contributed by atoms with Gasteiger partial charge in [0.1, 0.15) is 11.6 Å². The van der Waals surface area contributed by atoms with Crippen LogP contribution in [-0.4, -0.2) is 9.97 Å². The van der Waals surface area contributed by atoms with Crippen LogP contribution < -0.4 is 10.6 Å². The van der Waals surface area contributed by atoms with Crippen molar-refractivity contribution in [3.05, 3.63) is 72.7 Å². The molecular weight excluding hydrogens is 267 g/mol. The number of rotatable bonds is 4. The summed E-state index contributed by atoms with van der Waals surface area (Å²) in [5, 5.41) is 6.22. The Morgan fingerprint density at radius 1 is 0.762 bits per heavy atom. The molecule has 0 aliphatic heterocycles. The Morgan fingerprint density at radius 2 is 1.48 bits per heavy atom. The molecule has 0 amide bonds. The highest BCUT2D eigenvalue weighted by Crippen LogP contribution is 2.17. The lowest BCUT2D eigenvalue weighted by Crippen LogP contribution is -2.00. The summed E-state index contributed by atoms with van der Waals surface area (Å²) < 4.78 is 12.9. The van der Waals surface area contributed by atoms with Crippen LogP contribution in [0, 0.1) is 5.82 Å². The van der Waals surface area contributed by atoms with E-state index in [1.807, 2.05) is 30.3 Å². The molecule has 21 heavy (non-hydrogen) atoms. The fraction of sp³-hybridized carbons (Fsp3) is 0. The van der Waals surface area contributed by atoms with Gasteiger partial charge in [-0.3, -0.25) is 0 Å². The van der Waals surface area contributed by atoms with Gasteiger partial charge in [0.05, 0.1) is 0 Å². The van der Waals surface area contributed by atoms with E-state index in [4.69, 9.17) is 0 Å². The molecule has 0 unspecified atom stereocenters. The van der Waals surface area contributed by atoms with Crippen LogP contribution in [0.5, 0.6) is 0 Å². The smallest absolute Gasteiger partial charge is 0.229 e. The molecule has 3 rings (SSSR count). The van der Waals surface area contributed by atoms with Crippen molar-refractivity contribution in [3.63, 3.8) is 0 Å². The lowest BCUT2D eigenvalue weighted by molar-refractivity contribution is 0.628. The maximum atomic E-state index is 12.9. The van der Waals surface area contributed by atoms with Gasteiger partial charge in [-0.25, -0.2) is 9.37 Å². The van der Waals surface area contributed by atoms with E-state index in [9.17, 15) is 4.39 Å². The van der Waals surface area contributed by atoms with Crippen LogP contribution in [0.1, 0.15) is 0 Å². The molecular formula is C16H13FN4. The molecule has 0 fully saturated rings. The van der Waals surface area contributed by atoms with Crippen LogP contribution in [0.15, 0.2) is 66.9 Å². The Morgan fingerprint density at radius 3 is 2.24 bits per heavy atom. The van der Waals surface area contributed by atoms with Crippen LogP contribution in [0.4, 0.5) is 27.5 Å². The Bertz CT molecular complexity index is 714. The summed E-state index contributed by atoms with van der Waals surface area (Å²) >= 11 is 0. The number of nitrogens with zero attached hydrogens (tertiary/aromatic N) is 2. The molecule has 104 valence electrons. The van der Waals surface area contributed by atoms with Crippen LogP contribution in [0.25, 0.3) is 0 Å². The van der Waals surface area contributed by atoms with Crippen molar-refractivity contribution in [3.8, 4) is 0 Å². The molecule has 0 radical (unpaired) electrons. The van der Waals surface area contributed by atoms with Gasteiger partial charge in [-0.2, -0.15) is 4.98 Å². The second-order valence-corrected chi connectivity index (χ2v) is 4.39. The minimum absolute atomic E-state index is 0.269. The van der Waals surface area contributed by atoms with Gasteiger partial charge >= 0.3 is 0 Å². The van der Waals surface area contributed by atoms with Gasteiger partial charge in [0.2, 0.25) is 5.95 Å². The lowest BCUT2D eigenvalue weighted by Gasteiger charge is -2.08. The quantitative estimate of drug-likeness (QED) is 0.755. The third-order valence-electron chi connectivity index (χ3n) is 2.80. The van der Waals surface area contributed by atoms with Crippen molar-refractivity contribution in [2.75, 3.05) is 10.6 Å². The molecule has 0 saturated heterocycles. The second kappa shape index (κ2) is 6.00. The number of anilines is 4. The number of hydrogen-bond acceptors (Lipinski definition) is 4. The average molecular weight is 280 g/mol. The zero-order valence-corrected chi connectivity index (χ0v) is 11.1. The van der Waals surface area contributed by atoms with Crippen molar-refractivity contribution >= 4 is 23.1 Å². The third-order valence-corrected chi connectivity index (χ3v) is 2.80. The monoisotopic (exact) mass is 280 g/mol. The zero-order valence-electron chi connectivity index (χ0n) is 11.1. The molecule has 0 bridgehead atoms. The fourth-order valence-corrected chi connectivity index (χ4v) is 1.82. The summed E-state index contributed by atoms with van der Waals surface area (Å²) in [6.45, 7) is 0. The van der Waals surface area contributed by atoms with E-state index >= 15 is 0 Å². The molecule has 5 heteroatoms. The van der Waals surface area contributed by atoms with E-state index in [1.54, 1.807) is 24.4 Å². The van der Waals surface area contributed by atoms with E-state index in [1.165, 1.54) is 12.1 Å². The van der Waals surface area contributed by atoms with Crippen LogP contribution in [-0.2, 0) is 0 Å². The Labute approximate surface area is 121 Å². The minimum atomic E-state index is -0.269. The first kappa shape index (κ1) is 13.1. The van der Waals surface area contributed by atoms with E-state index in [0.717, 1.165) is 11.4 Å². The van der Waals surface area contributed by atoms with Crippen molar-refractivity contribution in [2.24, 2.45) is 0 Å². The second-order valence-electron chi connectivity index (χ2n) is 4.39. The van der Waals surface area contributed by atoms with Crippen molar-refractivity contribution in [1.29, 1.82) is 0 Å². The van der Waals surface area contributed by atoms with E-state index in [2.05, 4.69) is 20.6 Å². The summed E-state index contributed by atoms with van der Waals surface area (Å²) in [6.07, 6.45) is 1.66. The largest absolute Gasteiger partial charge is 0.340 e. The molecule has 0 atom stereocenters. The maximum absolute atomic E-state index is 12.9. The van der Waals surface area contributed by atoms with Crippen molar-refractivity contribution in [1.82, 2.24) is 9.97 Å². The molecule has 0 aliphatic carbocycles. The molecule has 0 saturated carbocycles. The molecule has 1 heterocycles. The standard InChI is InChI=1S/C16H13FN4/c17-12-6-8-14(9-7-12)19-15-10-11-18-16(21-15)20-13-4-2-1-3-5-13/h1-11H,(H2,18,19,20,21). The Balaban J connectivity index is 1.75. The first-order valence-electron chi connectivity index (χ1n) is 6.47. The minimum Gasteiger partial charge on any atom is -0.340 e. The highest BCUT2D eigenvalue weighted by Gasteiger charge is 2.01. The van der Waals surface area contributed by atoms with Gasteiger partial charge in [-0.05, 0) is 42.5 Å². The summed E-state index contributed by atoms with van der Waals surface area (Å²) in [4.78, 5) is 8.53. The van der Waals surface area contributed by atoms with E-state index in [-0.39, 0.29) is 5.82 Å². The maximum Gasteiger partial charge on any atom is 0.229 e. The Kier molecular flexibility index (Phi) is 3.73. The van der Waals surface area contributed by atoms with Crippen molar-refractivity contribution < 1.29 is 4.39 Å². The molecule has 0 aliphatic rings. The fourth-order valence-electron chi connectivity index (χ4n) is 1.82. The molecule has 1 aromatic heterocycles. The van der Waals surface area contributed by atoms with E-state index in [0.29, 0.717) is 11.8 Å². The van der Waals surface area contributed by atoms with Gasteiger partial charge < -0.3 is 10.6 Å². The van der Waals surface area contributed by atoms with Gasteiger partial charge in [0.25, 0.3) is 0 Å². The number of halogens is 1. The van der Waals surface area contributed by atoms with Gasteiger partial charge in [0.15, 0.2) is 0 Å². The normalized spacial score (nSPS) is 10.1. The van der Waals surface area contributed by atoms with Crippen LogP contribution >= 0.6 is 0 Å². The topological polar surface area (TPSA) is 49.8 Å². The SMILES string of the molecule is Fc1ccc(Nc2ccnc(Nc3ccccc3)n2)cc1. The summed E-state index contributed by atoms with van der Waals surface area (Å²) in [6, 6.07) is 17.5. The molecule has 3 aromatic rings. The molecule has 4 nitrogen and oxygen atoms in total. The average Bonchev–Trinajstić information content (AvgIpc) is 2.51. The first-order chi connectivity index (χ1) is 10.3. The number of benzene rings is 2. The summed E-state index contributed by atoms with van der Waals surface area (Å²) in [7, 11) is 0. The van der Waals surface area contributed by atoms with Gasteiger partial charge in [0, 0.05) is 17.6 Å². The van der Waals surface area contributed by atoms with Crippen molar-refractivity contribution in [2.45, 2.75) is 0 Å². The van der Waals surface area contributed by atoms with Gasteiger partial charge in [-0.1, -0.05) is 18.2 Å². The first-order valence-corrected chi connectivity index (χ1v) is 6.47. The number of nitrogens with one attached hydrogen (secondary N) is 2. The van der Waals surface area contributed by atoms with Gasteiger partial charge in [-0.15, -0.1) is 0 Å². The Hall–Kier alpha value is -2.95. The van der Waals surface area contributed by atoms with Crippen LogP contribution in [0.2, 0.25) is 0 Å². The molecule has 2 aromatic carbocycles.